The molecule has 28 heavy (non-hydrogen) atoms. The maximum atomic E-state index is 12.4. The second-order valence-electron chi connectivity index (χ2n) is 7.92. The van der Waals surface area contributed by atoms with Crippen molar-refractivity contribution >= 4 is 17.5 Å². The maximum absolute atomic E-state index is 12.4. The van der Waals surface area contributed by atoms with Crippen LogP contribution in [0, 0.1) is 17.2 Å². The van der Waals surface area contributed by atoms with Gasteiger partial charge in [-0.25, -0.2) is 0 Å². The Morgan fingerprint density at radius 2 is 1.79 bits per heavy atom. The van der Waals surface area contributed by atoms with E-state index in [0.717, 1.165) is 38.8 Å². The SMILES string of the molecule is N#Cc1ccccc1NC(=O)CCN1CCC(NC(=O)C2CCCCC2)CC1. The second-order valence-corrected chi connectivity index (χ2v) is 7.92. The van der Waals surface area contributed by atoms with Crippen molar-refractivity contribution in [2.75, 3.05) is 25.0 Å². The van der Waals surface area contributed by atoms with Crippen LogP contribution >= 0.6 is 0 Å². The lowest BCUT2D eigenvalue weighted by Gasteiger charge is -2.33. The minimum atomic E-state index is -0.0737. The number of amides is 2. The number of nitriles is 1. The van der Waals surface area contributed by atoms with Crippen molar-refractivity contribution in [3.8, 4) is 6.07 Å². The fourth-order valence-electron chi connectivity index (χ4n) is 4.15. The van der Waals surface area contributed by atoms with Crippen molar-refractivity contribution < 1.29 is 9.59 Å². The van der Waals surface area contributed by atoms with Crippen molar-refractivity contribution in [3.05, 3.63) is 29.8 Å². The van der Waals surface area contributed by atoms with Crippen molar-refractivity contribution in [2.24, 2.45) is 5.92 Å². The fourth-order valence-corrected chi connectivity index (χ4v) is 4.15. The first-order valence-electron chi connectivity index (χ1n) is 10.5. The number of piperidine rings is 1. The topological polar surface area (TPSA) is 85.2 Å². The summed E-state index contributed by atoms with van der Waals surface area (Å²) in [7, 11) is 0. The van der Waals surface area contributed by atoms with Crippen molar-refractivity contribution in [3.63, 3.8) is 0 Å². The van der Waals surface area contributed by atoms with Gasteiger partial charge in [-0.15, -0.1) is 0 Å². The van der Waals surface area contributed by atoms with Gasteiger partial charge in [-0.05, 0) is 37.8 Å². The maximum Gasteiger partial charge on any atom is 0.225 e. The number of carbonyl (C=O) groups excluding carboxylic acids is 2. The van der Waals surface area contributed by atoms with Crippen molar-refractivity contribution in [2.45, 2.75) is 57.4 Å². The van der Waals surface area contributed by atoms with Gasteiger partial charge in [0.25, 0.3) is 0 Å². The van der Waals surface area contributed by atoms with Crippen LogP contribution in [0.3, 0.4) is 0 Å². The molecule has 1 aromatic rings. The summed E-state index contributed by atoms with van der Waals surface area (Å²) in [6, 6.07) is 9.39. The van der Waals surface area contributed by atoms with E-state index in [2.05, 4.69) is 21.6 Å². The van der Waals surface area contributed by atoms with Crippen LogP contribution < -0.4 is 10.6 Å². The monoisotopic (exact) mass is 382 g/mol. The highest BCUT2D eigenvalue weighted by Gasteiger charge is 2.25. The number of hydrogen-bond donors (Lipinski definition) is 2. The molecule has 2 amide bonds. The molecular formula is C22H30N4O2. The lowest BCUT2D eigenvalue weighted by atomic mass is 9.88. The first-order valence-corrected chi connectivity index (χ1v) is 10.5. The van der Waals surface area contributed by atoms with Crippen LogP contribution in [0.4, 0.5) is 5.69 Å². The minimum absolute atomic E-state index is 0.0737. The number of nitrogens with zero attached hydrogens (tertiary/aromatic N) is 2. The van der Waals surface area contributed by atoms with Gasteiger partial charge in [0.1, 0.15) is 6.07 Å². The van der Waals surface area contributed by atoms with Crippen LogP contribution in [0.5, 0.6) is 0 Å². The van der Waals surface area contributed by atoms with Crippen molar-refractivity contribution in [1.82, 2.24) is 10.2 Å². The zero-order valence-corrected chi connectivity index (χ0v) is 16.5. The molecule has 1 heterocycles. The summed E-state index contributed by atoms with van der Waals surface area (Å²) in [5.41, 5.74) is 1.05. The smallest absolute Gasteiger partial charge is 0.225 e. The molecule has 0 radical (unpaired) electrons. The molecule has 6 nitrogen and oxygen atoms in total. The molecule has 1 saturated carbocycles. The van der Waals surface area contributed by atoms with Gasteiger partial charge in [-0.1, -0.05) is 31.4 Å². The number of carbonyl (C=O) groups is 2. The molecule has 1 aromatic carbocycles. The fraction of sp³-hybridized carbons (Fsp3) is 0.591. The predicted molar refractivity (Wildman–Crippen MR) is 109 cm³/mol. The molecule has 2 fully saturated rings. The van der Waals surface area contributed by atoms with E-state index in [1.54, 1.807) is 18.2 Å². The molecule has 0 bridgehead atoms. The van der Waals surface area contributed by atoms with E-state index in [1.165, 1.54) is 19.3 Å². The predicted octanol–water partition coefficient (Wildman–Crippen LogP) is 3.05. The third kappa shape index (κ3) is 5.80. The average Bonchev–Trinajstić information content (AvgIpc) is 2.74. The molecule has 1 aliphatic carbocycles. The Bertz CT molecular complexity index is 713. The molecule has 6 heteroatoms. The van der Waals surface area contributed by atoms with Gasteiger partial charge in [0, 0.05) is 38.0 Å². The quantitative estimate of drug-likeness (QED) is 0.792. The summed E-state index contributed by atoms with van der Waals surface area (Å²) >= 11 is 0. The van der Waals surface area contributed by atoms with E-state index in [-0.39, 0.29) is 23.8 Å². The second kappa shape index (κ2) is 10.2. The average molecular weight is 383 g/mol. The van der Waals surface area contributed by atoms with E-state index >= 15 is 0 Å². The van der Waals surface area contributed by atoms with E-state index in [9.17, 15) is 9.59 Å². The Kier molecular flexibility index (Phi) is 7.44. The summed E-state index contributed by atoms with van der Waals surface area (Å²) in [6.45, 7) is 2.50. The van der Waals surface area contributed by atoms with E-state index in [1.807, 2.05) is 6.07 Å². The number of nitrogens with one attached hydrogen (secondary N) is 2. The lowest BCUT2D eigenvalue weighted by Crippen LogP contribution is -2.47. The number of likely N-dealkylation sites (tertiary alicyclic amines) is 1. The largest absolute Gasteiger partial charge is 0.353 e. The van der Waals surface area contributed by atoms with Gasteiger partial charge in [0.15, 0.2) is 0 Å². The molecule has 1 aliphatic heterocycles. The van der Waals surface area contributed by atoms with Crippen LogP contribution in [-0.4, -0.2) is 42.4 Å². The molecule has 3 rings (SSSR count). The minimum Gasteiger partial charge on any atom is -0.353 e. The number of para-hydroxylation sites is 1. The Morgan fingerprint density at radius 1 is 1.07 bits per heavy atom. The van der Waals surface area contributed by atoms with Gasteiger partial charge in [-0.3, -0.25) is 9.59 Å². The number of hydrogen-bond acceptors (Lipinski definition) is 4. The first-order chi connectivity index (χ1) is 13.7. The van der Waals surface area contributed by atoms with E-state index < -0.39 is 0 Å². The van der Waals surface area contributed by atoms with Gasteiger partial charge >= 0.3 is 0 Å². The van der Waals surface area contributed by atoms with Gasteiger partial charge in [0.05, 0.1) is 11.3 Å². The van der Waals surface area contributed by atoms with Gasteiger partial charge in [0.2, 0.25) is 11.8 Å². The Balaban J connectivity index is 1.35. The zero-order valence-electron chi connectivity index (χ0n) is 16.5. The zero-order chi connectivity index (χ0) is 19.8. The lowest BCUT2D eigenvalue weighted by molar-refractivity contribution is -0.127. The molecule has 2 N–H and O–H groups in total. The van der Waals surface area contributed by atoms with Crippen LogP contribution in [0.2, 0.25) is 0 Å². The standard InChI is InChI=1S/C22H30N4O2/c23-16-18-8-4-5-9-20(18)25-21(27)12-15-26-13-10-19(11-14-26)24-22(28)17-6-2-1-3-7-17/h4-5,8-9,17,19H,1-3,6-7,10-15H2,(H,24,28)(H,25,27). The normalized spacial score (nSPS) is 19.0. The van der Waals surface area contributed by atoms with Gasteiger partial charge in [-0.2, -0.15) is 5.26 Å². The Hall–Kier alpha value is -2.39. The Morgan fingerprint density at radius 3 is 2.50 bits per heavy atom. The number of benzene rings is 1. The van der Waals surface area contributed by atoms with Crippen molar-refractivity contribution in [1.29, 1.82) is 5.26 Å². The van der Waals surface area contributed by atoms with Crippen LogP contribution in [0.25, 0.3) is 0 Å². The summed E-state index contributed by atoms with van der Waals surface area (Å²) in [6.07, 6.45) is 7.98. The highest BCUT2D eigenvalue weighted by atomic mass is 16.2. The third-order valence-electron chi connectivity index (χ3n) is 5.89. The summed E-state index contributed by atoms with van der Waals surface area (Å²) in [4.78, 5) is 26.9. The van der Waals surface area contributed by atoms with E-state index in [4.69, 9.17) is 5.26 Å². The molecular weight excluding hydrogens is 352 g/mol. The molecule has 0 unspecified atom stereocenters. The van der Waals surface area contributed by atoms with Gasteiger partial charge < -0.3 is 15.5 Å². The molecule has 0 atom stereocenters. The Labute approximate surface area is 167 Å². The molecule has 0 aromatic heterocycles. The molecule has 1 saturated heterocycles. The number of rotatable bonds is 6. The molecule has 150 valence electrons. The first kappa shape index (κ1) is 20.3. The number of anilines is 1. The third-order valence-corrected chi connectivity index (χ3v) is 5.89. The molecule has 0 spiro atoms. The van der Waals surface area contributed by atoms with Crippen LogP contribution in [-0.2, 0) is 9.59 Å². The summed E-state index contributed by atoms with van der Waals surface area (Å²) in [5, 5.41) is 15.2. The van der Waals surface area contributed by atoms with Crippen LogP contribution in [0.15, 0.2) is 24.3 Å². The van der Waals surface area contributed by atoms with Crippen LogP contribution in [0.1, 0.15) is 56.9 Å². The summed E-state index contributed by atoms with van der Waals surface area (Å²) < 4.78 is 0. The van der Waals surface area contributed by atoms with E-state index in [0.29, 0.717) is 24.2 Å². The summed E-state index contributed by atoms with van der Waals surface area (Å²) in [5.74, 6) is 0.385. The highest BCUT2D eigenvalue weighted by molar-refractivity contribution is 5.92. The molecule has 2 aliphatic rings. The highest BCUT2D eigenvalue weighted by Crippen LogP contribution is 2.24.